The molecule has 1 atom stereocenters. The van der Waals surface area contributed by atoms with Crippen molar-refractivity contribution < 1.29 is 9.59 Å². The molecular formula is C11H13N7O3. The van der Waals surface area contributed by atoms with Crippen LogP contribution in [0.4, 0.5) is 0 Å². The van der Waals surface area contributed by atoms with E-state index in [4.69, 9.17) is 0 Å². The van der Waals surface area contributed by atoms with Gasteiger partial charge in [0.25, 0.3) is 5.56 Å². The SMILES string of the molecule is O=C1CCC(C(=O)NCc2nnc3c(=O)[nH]ccn23)NN1. The second kappa shape index (κ2) is 5.32. The van der Waals surface area contributed by atoms with Crippen LogP contribution in [-0.2, 0) is 16.1 Å². The lowest BCUT2D eigenvalue weighted by Crippen LogP contribution is -2.55. The Morgan fingerprint density at radius 1 is 1.43 bits per heavy atom. The summed E-state index contributed by atoms with van der Waals surface area (Å²) in [6, 6.07) is -0.481. The fraction of sp³-hybridized carbons (Fsp3) is 0.364. The molecule has 10 heteroatoms. The molecule has 21 heavy (non-hydrogen) atoms. The Hall–Kier alpha value is -2.75. The average Bonchev–Trinajstić information content (AvgIpc) is 2.90. The Morgan fingerprint density at radius 3 is 3.05 bits per heavy atom. The van der Waals surface area contributed by atoms with Crippen molar-refractivity contribution in [1.82, 2.24) is 35.8 Å². The van der Waals surface area contributed by atoms with Crippen molar-refractivity contribution in [2.24, 2.45) is 0 Å². The quantitative estimate of drug-likeness (QED) is 0.508. The first-order chi connectivity index (χ1) is 10.1. The summed E-state index contributed by atoms with van der Waals surface area (Å²) >= 11 is 0. The number of aromatic amines is 1. The van der Waals surface area contributed by atoms with Crippen LogP contribution >= 0.6 is 0 Å². The highest BCUT2D eigenvalue weighted by Gasteiger charge is 2.24. The summed E-state index contributed by atoms with van der Waals surface area (Å²) in [6.07, 6.45) is 3.81. The molecule has 0 spiro atoms. The van der Waals surface area contributed by atoms with Crippen molar-refractivity contribution in [3.05, 3.63) is 28.6 Å². The first kappa shape index (κ1) is 13.2. The number of carbonyl (C=O) groups is 2. The highest BCUT2D eigenvalue weighted by Crippen LogP contribution is 2.03. The molecule has 2 aromatic heterocycles. The molecule has 0 bridgehead atoms. The lowest BCUT2D eigenvalue weighted by Gasteiger charge is -2.22. The molecule has 3 rings (SSSR count). The van der Waals surface area contributed by atoms with Crippen LogP contribution in [0, 0.1) is 0 Å². The monoisotopic (exact) mass is 291 g/mol. The molecule has 0 radical (unpaired) electrons. The first-order valence-corrected chi connectivity index (χ1v) is 6.38. The summed E-state index contributed by atoms with van der Waals surface area (Å²) < 4.78 is 1.51. The van der Waals surface area contributed by atoms with Gasteiger partial charge in [0, 0.05) is 18.8 Å². The molecule has 10 nitrogen and oxygen atoms in total. The second-order valence-electron chi connectivity index (χ2n) is 4.60. The van der Waals surface area contributed by atoms with E-state index < -0.39 is 6.04 Å². The Labute approximate surface area is 117 Å². The van der Waals surface area contributed by atoms with Crippen LogP contribution in [-0.4, -0.2) is 37.4 Å². The van der Waals surface area contributed by atoms with Crippen molar-refractivity contribution in [2.45, 2.75) is 25.4 Å². The van der Waals surface area contributed by atoms with Gasteiger partial charge in [0.15, 0.2) is 5.82 Å². The van der Waals surface area contributed by atoms with E-state index in [-0.39, 0.29) is 29.6 Å². The average molecular weight is 291 g/mol. The first-order valence-electron chi connectivity index (χ1n) is 6.38. The van der Waals surface area contributed by atoms with E-state index in [2.05, 4.69) is 31.3 Å². The molecule has 0 saturated carbocycles. The molecule has 1 aliphatic heterocycles. The van der Waals surface area contributed by atoms with E-state index in [9.17, 15) is 14.4 Å². The number of nitrogens with zero attached hydrogens (tertiary/aromatic N) is 3. The number of hydrogen-bond donors (Lipinski definition) is 4. The predicted octanol–water partition coefficient (Wildman–Crippen LogP) is -2.18. The number of hydrazine groups is 1. The molecule has 3 heterocycles. The molecule has 1 saturated heterocycles. The van der Waals surface area contributed by atoms with Crippen molar-refractivity contribution >= 4 is 17.5 Å². The minimum absolute atomic E-state index is 0.135. The van der Waals surface area contributed by atoms with E-state index in [0.29, 0.717) is 18.7 Å². The van der Waals surface area contributed by atoms with Gasteiger partial charge in [-0.05, 0) is 6.42 Å². The Morgan fingerprint density at radius 2 is 2.29 bits per heavy atom. The highest BCUT2D eigenvalue weighted by molar-refractivity contribution is 5.85. The topological polar surface area (TPSA) is 133 Å². The standard InChI is InChI=1S/C11H13N7O3/c19-8-2-1-6(14-16-8)10(20)13-5-7-15-17-9-11(21)12-3-4-18(7)9/h3-4,6,14H,1-2,5H2,(H,12,21)(H,13,20)(H,16,19). The number of amides is 2. The molecule has 110 valence electrons. The number of H-pyrrole nitrogens is 1. The molecule has 0 aromatic carbocycles. The largest absolute Gasteiger partial charge is 0.347 e. The lowest BCUT2D eigenvalue weighted by molar-refractivity contribution is -0.129. The van der Waals surface area contributed by atoms with Gasteiger partial charge in [0.1, 0.15) is 6.04 Å². The zero-order valence-electron chi connectivity index (χ0n) is 10.9. The molecule has 1 fully saturated rings. The number of rotatable bonds is 3. The molecule has 2 aromatic rings. The number of carbonyl (C=O) groups excluding carboxylic acids is 2. The van der Waals surface area contributed by atoms with Crippen molar-refractivity contribution in [2.75, 3.05) is 0 Å². The highest BCUT2D eigenvalue weighted by atomic mass is 16.2. The third-order valence-electron chi connectivity index (χ3n) is 3.19. The van der Waals surface area contributed by atoms with Gasteiger partial charge in [0.2, 0.25) is 17.5 Å². The minimum atomic E-state index is -0.481. The Balaban J connectivity index is 1.66. The maximum Gasteiger partial charge on any atom is 0.293 e. The van der Waals surface area contributed by atoms with E-state index in [1.165, 1.54) is 10.6 Å². The summed E-state index contributed by atoms with van der Waals surface area (Å²) in [5.74, 6) is 0.0580. The van der Waals surface area contributed by atoms with Gasteiger partial charge in [0.05, 0.1) is 6.54 Å². The molecule has 0 aliphatic carbocycles. The smallest absolute Gasteiger partial charge is 0.293 e. The Kier molecular flexibility index (Phi) is 3.36. The van der Waals surface area contributed by atoms with Crippen molar-refractivity contribution in [3.63, 3.8) is 0 Å². The van der Waals surface area contributed by atoms with Crippen molar-refractivity contribution in [3.8, 4) is 0 Å². The molecule has 1 aliphatic rings. The van der Waals surface area contributed by atoms with Crippen molar-refractivity contribution in [1.29, 1.82) is 0 Å². The zero-order chi connectivity index (χ0) is 14.8. The maximum absolute atomic E-state index is 12.0. The molecule has 2 amide bonds. The third kappa shape index (κ3) is 2.60. The summed E-state index contributed by atoms with van der Waals surface area (Å²) in [5.41, 5.74) is 4.87. The summed E-state index contributed by atoms with van der Waals surface area (Å²) in [7, 11) is 0. The van der Waals surface area contributed by atoms with Gasteiger partial charge in [-0.3, -0.25) is 24.2 Å². The lowest BCUT2D eigenvalue weighted by atomic mass is 10.1. The molecular weight excluding hydrogens is 278 g/mol. The van der Waals surface area contributed by atoms with Gasteiger partial charge in [-0.1, -0.05) is 0 Å². The van der Waals surface area contributed by atoms with Crippen LogP contribution in [0.5, 0.6) is 0 Å². The summed E-state index contributed by atoms with van der Waals surface area (Å²) in [4.78, 5) is 36.9. The predicted molar refractivity (Wildman–Crippen MR) is 69.8 cm³/mol. The van der Waals surface area contributed by atoms with Crippen LogP contribution in [0.3, 0.4) is 0 Å². The van der Waals surface area contributed by atoms with Crippen LogP contribution in [0.15, 0.2) is 17.2 Å². The van der Waals surface area contributed by atoms with Gasteiger partial charge >= 0.3 is 0 Å². The number of nitrogens with one attached hydrogen (secondary N) is 4. The normalized spacial score (nSPS) is 18.5. The van der Waals surface area contributed by atoms with E-state index in [1.54, 1.807) is 6.20 Å². The van der Waals surface area contributed by atoms with Gasteiger partial charge in [-0.25, -0.2) is 5.43 Å². The zero-order valence-corrected chi connectivity index (χ0v) is 10.9. The Bertz CT molecular complexity index is 740. The fourth-order valence-corrected chi connectivity index (χ4v) is 2.07. The molecule has 4 N–H and O–H groups in total. The minimum Gasteiger partial charge on any atom is -0.347 e. The van der Waals surface area contributed by atoms with Gasteiger partial charge in [-0.2, -0.15) is 0 Å². The van der Waals surface area contributed by atoms with E-state index in [0.717, 1.165) is 0 Å². The van der Waals surface area contributed by atoms with Gasteiger partial charge < -0.3 is 10.3 Å². The third-order valence-corrected chi connectivity index (χ3v) is 3.19. The van der Waals surface area contributed by atoms with Crippen LogP contribution in [0.25, 0.3) is 5.65 Å². The fourth-order valence-electron chi connectivity index (χ4n) is 2.07. The number of hydrogen-bond acceptors (Lipinski definition) is 6. The van der Waals surface area contributed by atoms with Crippen LogP contribution in [0.2, 0.25) is 0 Å². The number of aromatic nitrogens is 4. The second-order valence-corrected chi connectivity index (χ2v) is 4.60. The maximum atomic E-state index is 12.0. The van der Waals surface area contributed by atoms with Gasteiger partial charge in [-0.15, -0.1) is 10.2 Å². The van der Waals surface area contributed by atoms with Crippen LogP contribution < -0.4 is 21.7 Å². The van der Waals surface area contributed by atoms with E-state index >= 15 is 0 Å². The van der Waals surface area contributed by atoms with Crippen LogP contribution in [0.1, 0.15) is 18.7 Å². The summed E-state index contributed by atoms with van der Waals surface area (Å²) in [6.45, 7) is 0.135. The summed E-state index contributed by atoms with van der Waals surface area (Å²) in [5, 5.41) is 10.3. The van der Waals surface area contributed by atoms with E-state index in [1.807, 2.05) is 0 Å². The molecule has 1 unspecified atom stereocenters. The number of fused-ring (bicyclic) bond motifs is 1.